The summed E-state index contributed by atoms with van der Waals surface area (Å²) < 4.78 is 0. The van der Waals surface area contributed by atoms with Crippen molar-refractivity contribution >= 4 is 17.8 Å². The Bertz CT molecular complexity index is 491. The topological polar surface area (TPSA) is 94.9 Å². The van der Waals surface area contributed by atoms with Crippen molar-refractivity contribution < 1.29 is 24.6 Å². The molecule has 1 aromatic rings. The van der Waals surface area contributed by atoms with Gasteiger partial charge in [0.1, 0.15) is 6.04 Å². The number of carbonyl (C=O) groups is 3. The number of aliphatic carboxylic acids is 1. The summed E-state index contributed by atoms with van der Waals surface area (Å²) in [5.41, 5.74) is 0.476. The molecule has 0 radical (unpaired) electrons. The van der Waals surface area contributed by atoms with Crippen LogP contribution in [0, 0.1) is 5.92 Å². The van der Waals surface area contributed by atoms with Crippen LogP contribution in [0.5, 0.6) is 0 Å². The van der Waals surface area contributed by atoms with Crippen LogP contribution in [0.2, 0.25) is 0 Å². The Labute approximate surface area is 109 Å². The zero-order valence-electron chi connectivity index (χ0n) is 10.0. The fraction of sp³-hybridized carbons (Fsp3) is 0.308. The van der Waals surface area contributed by atoms with Gasteiger partial charge in [-0.05, 0) is 6.42 Å². The minimum atomic E-state index is -1.31. The monoisotopic (exact) mass is 263 g/mol. The van der Waals surface area contributed by atoms with Crippen molar-refractivity contribution in [3.8, 4) is 0 Å². The molecule has 0 unspecified atom stereocenters. The molecule has 6 nitrogen and oxygen atoms in total. The van der Waals surface area contributed by atoms with Gasteiger partial charge in [0, 0.05) is 18.0 Å². The van der Waals surface area contributed by atoms with E-state index in [2.05, 4.69) is 0 Å². The average Bonchev–Trinajstić information content (AvgIpc) is 2.84. The van der Waals surface area contributed by atoms with Gasteiger partial charge >= 0.3 is 12.1 Å². The first-order valence-electron chi connectivity index (χ1n) is 5.82. The van der Waals surface area contributed by atoms with E-state index in [1.54, 1.807) is 30.3 Å². The van der Waals surface area contributed by atoms with E-state index >= 15 is 0 Å². The third kappa shape index (κ3) is 2.57. The van der Waals surface area contributed by atoms with Crippen molar-refractivity contribution in [2.24, 2.45) is 5.92 Å². The number of amides is 1. The maximum atomic E-state index is 12.2. The molecule has 2 rings (SSSR count). The van der Waals surface area contributed by atoms with Crippen LogP contribution >= 0.6 is 0 Å². The fourth-order valence-corrected chi connectivity index (χ4v) is 2.31. The molecule has 0 aromatic heterocycles. The Kier molecular flexibility index (Phi) is 3.50. The Balaban J connectivity index is 2.18. The number of carbonyl (C=O) groups excluding carboxylic acids is 1. The summed E-state index contributed by atoms with van der Waals surface area (Å²) in [6.45, 7) is -0.0694. The van der Waals surface area contributed by atoms with Crippen molar-refractivity contribution in [3.63, 3.8) is 0 Å². The highest BCUT2D eigenvalue weighted by Gasteiger charge is 2.42. The second kappa shape index (κ2) is 5.09. The molecule has 1 amide bonds. The van der Waals surface area contributed by atoms with Crippen LogP contribution in [0.4, 0.5) is 4.79 Å². The van der Waals surface area contributed by atoms with E-state index in [-0.39, 0.29) is 18.7 Å². The lowest BCUT2D eigenvalue weighted by Gasteiger charge is -2.16. The van der Waals surface area contributed by atoms with Gasteiger partial charge < -0.3 is 10.2 Å². The first-order chi connectivity index (χ1) is 9.00. The van der Waals surface area contributed by atoms with Gasteiger partial charge in [-0.2, -0.15) is 0 Å². The van der Waals surface area contributed by atoms with Crippen molar-refractivity contribution in [1.82, 2.24) is 4.90 Å². The highest BCUT2D eigenvalue weighted by Crippen LogP contribution is 2.26. The number of nitrogens with zero attached hydrogens (tertiary/aromatic N) is 1. The van der Waals surface area contributed by atoms with Gasteiger partial charge in [0.25, 0.3) is 0 Å². The summed E-state index contributed by atoms with van der Waals surface area (Å²) in [4.78, 5) is 35.0. The molecule has 1 saturated heterocycles. The number of benzene rings is 1. The van der Waals surface area contributed by atoms with Gasteiger partial charge in [-0.15, -0.1) is 0 Å². The highest BCUT2D eigenvalue weighted by atomic mass is 16.4. The summed E-state index contributed by atoms with van der Waals surface area (Å²) in [7, 11) is 0. The van der Waals surface area contributed by atoms with Crippen LogP contribution in [0.3, 0.4) is 0 Å². The SMILES string of the molecule is O=C(c1ccccc1)[C@H]1C[C@H](C(=O)O)N(C(=O)O)C1. The molecular formula is C13H13NO5. The van der Waals surface area contributed by atoms with E-state index in [9.17, 15) is 14.4 Å². The molecule has 1 aliphatic heterocycles. The molecule has 1 heterocycles. The third-order valence-electron chi connectivity index (χ3n) is 3.26. The Morgan fingerprint density at radius 1 is 1.11 bits per heavy atom. The number of carboxylic acids is 1. The Morgan fingerprint density at radius 2 is 1.74 bits per heavy atom. The van der Waals surface area contributed by atoms with Crippen molar-refractivity contribution in [1.29, 1.82) is 0 Å². The molecule has 100 valence electrons. The second-order valence-corrected chi connectivity index (χ2v) is 4.45. The van der Waals surface area contributed by atoms with Crippen LogP contribution in [0.1, 0.15) is 16.8 Å². The molecule has 1 aromatic carbocycles. The fourth-order valence-electron chi connectivity index (χ4n) is 2.31. The van der Waals surface area contributed by atoms with Crippen LogP contribution < -0.4 is 0 Å². The summed E-state index contributed by atoms with van der Waals surface area (Å²) >= 11 is 0. The van der Waals surface area contributed by atoms with E-state index in [0.717, 1.165) is 4.90 Å². The minimum Gasteiger partial charge on any atom is -0.480 e. The number of carboxylic acid groups (broad SMARTS) is 2. The summed E-state index contributed by atoms with van der Waals surface area (Å²) in [5.74, 6) is -2.03. The van der Waals surface area contributed by atoms with Crippen LogP contribution in [0.15, 0.2) is 30.3 Å². The number of hydrogen-bond donors (Lipinski definition) is 2. The molecular weight excluding hydrogens is 250 g/mol. The molecule has 19 heavy (non-hydrogen) atoms. The van der Waals surface area contributed by atoms with Gasteiger partial charge in [0.2, 0.25) is 0 Å². The van der Waals surface area contributed by atoms with E-state index in [4.69, 9.17) is 10.2 Å². The Morgan fingerprint density at radius 3 is 2.21 bits per heavy atom. The second-order valence-electron chi connectivity index (χ2n) is 4.45. The lowest BCUT2D eigenvalue weighted by molar-refractivity contribution is -0.141. The number of ketones is 1. The first-order valence-corrected chi connectivity index (χ1v) is 5.82. The Hall–Kier alpha value is -2.37. The zero-order valence-corrected chi connectivity index (χ0v) is 10.0. The molecule has 2 atom stereocenters. The predicted molar refractivity (Wildman–Crippen MR) is 65.0 cm³/mol. The summed E-state index contributed by atoms with van der Waals surface area (Å²) in [5, 5.41) is 17.9. The molecule has 0 saturated carbocycles. The van der Waals surface area contributed by atoms with E-state index in [1.807, 2.05) is 0 Å². The van der Waals surface area contributed by atoms with Gasteiger partial charge in [0.15, 0.2) is 5.78 Å². The maximum Gasteiger partial charge on any atom is 0.408 e. The maximum absolute atomic E-state index is 12.2. The lowest BCUT2D eigenvalue weighted by Crippen LogP contribution is -2.39. The smallest absolute Gasteiger partial charge is 0.408 e. The van der Waals surface area contributed by atoms with Gasteiger partial charge in [-0.3, -0.25) is 9.69 Å². The standard InChI is InChI=1S/C13H13NO5/c15-11(8-4-2-1-3-5-8)9-6-10(12(16)17)14(7-9)13(18)19/h1-5,9-10H,6-7H2,(H,16,17)(H,18,19)/t9-,10+/m0/s1. The normalized spacial score (nSPS) is 22.2. The first kappa shape index (κ1) is 13.1. The third-order valence-corrected chi connectivity index (χ3v) is 3.26. The molecule has 0 spiro atoms. The minimum absolute atomic E-state index is 0.0232. The van der Waals surface area contributed by atoms with Gasteiger partial charge in [0.05, 0.1) is 0 Å². The van der Waals surface area contributed by atoms with Gasteiger partial charge in [-0.1, -0.05) is 30.3 Å². The number of hydrogen-bond acceptors (Lipinski definition) is 3. The molecule has 0 aliphatic carbocycles. The largest absolute Gasteiger partial charge is 0.480 e. The van der Waals surface area contributed by atoms with Crippen LogP contribution in [-0.4, -0.2) is 45.5 Å². The average molecular weight is 263 g/mol. The number of likely N-dealkylation sites (tertiary alicyclic amines) is 1. The van der Waals surface area contributed by atoms with Crippen molar-refractivity contribution in [2.45, 2.75) is 12.5 Å². The molecule has 1 fully saturated rings. The van der Waals surface area contributed by atoms with Crippen molar-refractivity contribution in [2.75, 3.05) is 6.54 Å². The summed E-state index contributed by atoms with van der Waals surface area (Å²) in [6.07, 6.45) is -1.29. The van der Waals surface area contributed by atoms with Crippen LogP contribution in [-0.2, 0) is 4.79 Å². The molecule has 1 aliphatic rings. The quantitative estimate of drug-likeness (QED) is 0.802. The molecule has 6 heteroatoms. The lowest BCUT2D eigenvalue weighted by atomic mass is 9.95. The van der Waals surface area contributed by atoms with E-state index in [1.165, 1.54) is 0 Å². The summed E-state index contributed by atoms with van der Waals surface area (Å²) in [6, 6.07) is 7.34. The van der Waals surface area contributed by atoms with E-state index < -0.39 is 24.0 Å². The highest BCUT2D eigenvalue weighted by molar-refractivity contribution is 5.99. The predicted octanol–water partition coefficient (Wildman–Crippen LogP) is 1.32. The van der Waals surface area contributed by atoms with Crippen molar-refractivity contribution in [3.05, 3.63) is 35.9 Å². The van der Waals surface area contributed by atoms with E-state index in [0.29, 0.717) is 5.56 Å². The zero-order chi connectivity index (χ0) is 14.0. The van der Waals surface area contributed by atoms with Gasteiger partial charge in [-0.25, -0.2) is 9.59 Å². The van der Waals surface area contributed by atoms with Crippen LogP contribution in [0.25, 0.3) is 0 Å². The number of Topliss-reactive ketones (excluding diaryl/α,β-unsaturated/α-hetero) is 1. The molecule has 0 bridgehead atoms. The molecule has 2 N–H and O–H groups in total. The number of rotatable bonds is 3.